The molecule has 1 aliphatic carbocycles. The number of carbonyl (C=O) groups excluding carboxylic acids is 1. The van der Waals surface area contributed by atoms with Crippen LogP contribution in [0.25, 0.3) is 0 Å². The first kappa shape index (κ1) is 13.0. The average molecular weight is 252 g/mol. The largest absolute Gasteiger partial charge is 0.393 e. The van der Waals surface area contributed by atoms with Crippen LogP contribution in [0.1, 0.15) is 29.8 Å². The van der Waals surface area contributed by atoms with Gasteiger partial charge in [-0.2, -0.15) is 0 Å². The summed E-state index contributed by atoms with van der Waals surface area (Å²) in [5.74, 6) is -0.00931. The fourth-order valence-corrected chi connectivity index (χ4v) is 2.32. The van der Waals surface area contributed by atoms with E-state index in [1.807, 2.05) is 0 Å². The number of aliphatic hydroxyl groups excluding tert-OH is 1. The molecular formula is C12H20N4O2. The van der Waals surface area contributed by atoms with Crippen molar-refractivity contribution < 1.29 is 9.90 Å². The van der Waals surface area contributed by atoms with Crippen molar-refractivity contribution in [3.05, 3.63) is 18.2 Å². The summed E-state index contributed by atoms with van der Waals surface area (Å²) in [6.07, 6.45) is 5.86. The normalized spacial score (nSPS) is 23.2. The molecule has 1 heterocycles. The summed E-state index contributed by atoms with van der Waals surface area (Å²) >= 11 is 0. The number of carbonyl (C=O) groups is 1. The van der Waals surface area contributed by atoms with E-state index < -0.39 is 0 Å². The molecule has 6 heteroatoms. The fraction of sp³-hybridized carbons (Fsp3) is 0.667. The monoisotopic (exact) mass is 252 g/mol. The van der Waals surface area contributed by atoms with E-state index in [0.717, 1.165) is 19.3 Å². The molecule has 1 amide bonds. The molecule has 1 fully saturated rings. The maximum Gasteiger partial charge on any atom is 0.271 e. The van der Waals surface area contributed by atoms with Crippen molar-refractivity contribution in [2.24, 2.45) is 11.7 Å². The Morgan fingerprint density at radius 2 is 2.44 bits per heavy atom. The summed E-state index contributed by atoms with van der Waals surface area (Å²) in [4.78, 5) is 15.9. The molecule has 0 bridgehead atoms. The van der Waals surface area contributed by atoms with E-state index in [9.17, 15) is 9.90 Å². The lowest BCUT2D eigenvalue weighted by atomic mass is 10.1. The number of hydrogen-bond acceptors (Lipinski definition) is 4. The van der Waals surface area contributed by atoms with Gasteiger partial charge < -0.3 is 20.7 Å². The zero-order valence-electron chi connectivity index (χ0n) is 10.4. The van der Waals surface area contributed by atoms with Crippen LogP contribution >= 0.6 is 0 Å². The molecule has 6 nitrogen and oxygen atoms in total. The molecule has 1 aromatic heterocycles. The smallest absolute Gasteiger partial charge is 0.271 e. The first-order chi connectivity index (χ1) is 8.70. The number of amides is 1. The third kappa shape index (κ3) is 3.08. The van der Waals surface area contributed by atoms with Crippen LogP contribution in [0.4, 0.5) is 0 Å². The summed E-state index contributed by atoms with van der Waals surface area (Å²) in [6, 6.07) is 0. The minimum Gasteiger partial charge on any atom is -0.393 e. The molecule has 0 radical (unpaired) electrons. The maximum atomic E-state index is 11.8. The molecule has 100 valence electrons. The predicted octanol–water partition coefficient (Wildman–Crippen LogP) is -0.267. The van der Waals surface area contributed by atoms with Gasteiger partial charge in [-0.3, -0.25) is 4.79 Å². The molecule has 0 aliphatic heterocycles. The van der Waals surface area contributed by atoms with E-state index in [-0.39, 0.29) is 17.9 Å². The van der Waals surface area contributed by atoms with Gasteiger partial charge in [-0.15, -0.1) is 0 Å². The molecule has 1 aliphatic rings. The van der Waals surface area contributed by atoms with Crippen molar-refractivity contribution in [1.29, 1.82) is 0 Å². The van der Waals surface area contributed by atoms with Crippen molar-refractivity contribution in [2.45, 2.75) is 31.9 Å². The van der Waals surface area contributed by atoms with Crippen molar-refractivity contribution in [1.82, 2.24) is 14.9 Å². The van der Waals surface area contributed by atoms with Crippen LogP contribution in [0.3, 0.4) is 0 Å². The molecule has 0 aromatic carbocycles. The van der Waals surface area contributed by atoms with Crippen LogP contribution in [0.15, 0.2) is 12.5 Å². The van der Waals surface area contributed by atoms with Crippen LogP contribution in [-0.2, 0) is 6.54 Å². The molecule has 0 saturated heterocycles. The van der Waals surface area contributed by atoms with E-state index in [1.165, 1.54) is 0 Å². The highest BCUT2D eigenvalue weighted by atomic mass is 16.3. The molecule has 2 rings (SSSR count). The quantitative estimate of drug-likeness (QED) is 0.672. The van der Waals surface area contributed by atoms with Crippen molar-refractivity contribution >= 4 is 5.91 Å². The van der Waals surface area contributed by atoms with Crippen LogP contribution < -0.4 is 11.1 Å². The van der Waals surface area contributed by atoms with E-state index in [1.54, 1.807) is 17.1 Å². The van der Waals surface area contributed by atoms with Crippen molar-refractivity contribution in [2.75, 3.05) is 13.1 Å². The Labute approximate surface area is 106 Å². The summed E-state index contributed by atoms with van der Waals surface area (Å²) in [5.41, 5.74) is 5.82. The summed E-state index contributed by atoms with van der Waals surface area (Å²) in [5, 5.41) is 12.5. The summed E-state index contributed by atoms with van der Waals surface area (Å²) < 4.78 is 1.79. The molecule has 2 unspecified atom stereocenters. The molecular weight excluding hydrogens is 232 g/mol. The zero-order valence-corrected chi connectivity index (χ0v) is 10.4. The number of nitrogens with one attached hydrogen (secondary N) is 1. The molecule has 1 saturated carbocycles. The third-order valence-corrected chi connectivity index (χ3v) is 3.40. The zero-order chi connectivity index (χ0) is 13.0. The minimum atomic E-state index is -0.278. The molecule has 4 N–H and O–H groups in total. The van der Waals surface area contributed by atoms with Crippen LogP contribution in [-0.4, -0.2) is 39.8 Å². The number of rotatable bonds is 5. The van der Waals surface area contributed by atoms with Gasteiger partial charge in [0.25, 0.3) is 5.91 Å². The van der Waals surface area contributed by atoms with Crippen molar-refractivity contribution in [3.8, 4) is 0 Å². The van der Waals surface area contributed by atoms with E-state index >= 15 is 0 Å². The predicted molar refractivity (Wildman–Crippen MR) is 67.0 cm³/mol. The van der Waals surface area contributed by atoms with Gasteiger partial charge in [0.1, 0.15) is 5.69 Å². The molecule has 2 atom stereocenters. The lowest BCUT2D eigenvalue weighted by Gasteiger charge is -2.14. The SMILES string of the molecule is NCCn1cnc(C(=O)NCC2CCCC2O)c1. The second-order valence-corrected chi connectivity index (χ2v) is 4.75. The van der Waals surface area contributed by atoms with E-state index in [0.29, 0.717) is 25.3 Å². The van der Waals surface area contributed by atoms with E-state index in [4.69, 9.17) is 5.73 Å². The van der Waals surface area contributed by atoms with Crippen LogP contribution in [0.2, 0.25) is 0 Å². The number of hydrogen-bond donors (Lipinski definition) is 3. The lowest BCUT2D eigenvalue weighted by Crippen LogP contribution is -2.32. The Morgan fingerprint density at radius 1 is 1.61 bits per heavy atom. The highest BCUT2D eigenvalue weighted by Crippen LogP contribution is 2.24. The second kappa shape index (κ2) is 5.97. The van der Waals surface area contributed by atoms with Crippen LogP contribution in [0, 0.1) is 5.92 Å². The number of aliphatic hydroxyl groups is 1. The highest BCUT2D eigenvalue weighted by molar-refractivity contribution is 5.91. The summed E-state index contributed by atoms with van der Waals surface area (Å²) in [6.45, 7) is 1.69. The summed E-state index contributed by atoms with van der Waals surface area (Å²) in [7, 11) is 0. The van der Waals surface area contributed by atoms with Gasteiger partial charge in [-0.1, -0.05) is 6.42 Å². The highest BCUT2D eigenvalue weighted by Gasteiger charge is 2.25. The fourth-order valence-electron chi connectivity index (χ4n) is 2.32. The maximum absolute atomic E-state index is 11.8. The first-order valence-electron chi connectivity index (χ1n) is 6.39. The van der Waals surface area contributed by atoms with Gasteiger partial charge in [0.2, 0.25) is 0 Å². The Morgan fingerprint density at radius 3 is 3.11 bits per heavy atom. The van der Waals surface area contributed by atoms with Gasteiger partial charge in [0, 0.05) is 31.7 Å². The lowest BCUT2D eigenvalue weighted by molar-refractivity contribution is 0.0912. The third-order valence-electron chi connectivity index (χ3n) is 3.40. The Hall–Kier alpha value is -1.40. The minimum absolute atomic E-state index is 0.181. The topological polar surface area (TPSA) is 93.2 Å². The number of imidazole rings is 1. The molecule has 18 heavy (non-hydrogen) atoms. The van der Waals surface area contributed by atoms with E-state index in [2.05, 4.69) is 10.3 Å². The Balaban J connectivity index is 1.83. The molecule has 0 spiro atoms. The van der Waals surface area contributed by atoms with Gasteiger partial charge >= 0.3 is 0 Å². The van der Waals surface area contributed by atoms with Crippen molar-refractivity contribution in [3.63, 3.8) is 0 Å². The number of nitrogens with zero attached hydrogens (tertiary/aromatic N) is 2. The van der Waals surface area contributed by atoms with Gasteiger partial charge in [-0.05, 0) is 12.8 Å². The number of nitrogens with two attached hydrogens (primary N) is 1. The van der Waals surface area contributed by atoms with Crippen LogP contribution in [0.5, 0.6) is 0 Å². The standard InChI is InChI=1S/C12H20N4O2/c13-4-5-16-7-10(15-8-16)12(18)14-6-9-2-1-3-11(9)17/h7-9,11,17H,1-6,13H2,(H,14,18). The number of aromatic nitrogens is 2. The van der Waals surface area contributed by atoms with Gasteiger partial charge in [0.05, 0.1) is 12.4 Å². The average Bonchev–Trinajstić information content (AvgIpc) is 2.96. The van der Waals surface area contributed by atoms with Gasteiger partial charge in [-0.25, -0.2) is 4.98 Å². The first-order valence-corrected chi connectivity index (χ1v) is 6.39. The molecule has 1 aromatic rings. The Kier molecular flexibility index (Phi) is 4.33. The second-order valence-electron chi connectivity index (χ2n) is 4.75. The Bertz CT molecular complexity index is 405. The van der Waals surface area contributed by atoms with Gasteiger partial charge in [0.15, 0.2) is 0 Å².